The molecule has 1 N–H and O–H groups in total. The third-order valence-corrected chi connectivity index (χ3v) is 4.13. The van der Waals surface area contributed by atoms with Crippen molar-refractivity contribution in [3.8, 4) is 11.5 Å². The first-order valence-electron chi connectivity index (χ1n) is 8.33. The number of carbonyl (C=O) groups excluding carboxylic acids is 1. The fourth-order valence-corrected chi connectivity index (χ4v) is 2.84. The highest BCUT2D eigenvalue weighted by atomic mass is 79.9. The van der Waals surface area contributed by atoms with Gasteiger partial charge in [0.25, 0.3) is 0 Å². The van der Waals surface area contributed by atoms with Gasteiger partial charge in [-0.15, -0.1) is 0 Å². The number of nitrogens with zero attached hydrogens (tertiary/aromatic N) is 1. The molecule has 1 heterocycles. The van der Waals surface area contributed by atoms with Crippen LogP contribution >= 0.6 is 15.9 Å². The van der Waals surface area contributed by atoms with Gasteiger partial charge in [-0.1, -0.05) is 15.9 Å². The predicted octanol–water partition coefficient (Wildman–Crippen LogP) is 4.76. The number of fused-ring (bicyclic) bond motifs is 1. The molecule has 0 bridgehead atoms. The molecule has 2 aromatic carbocycles. The summed E-state index contributed by atoms with van der Waals surface area (Å²) in [6.07, 6.45) is 1.57. The Hall–Kier alpha value is -2.80. The highest BCUT2D eigenvalue weighted by Gasteiger charge is 2.12. The van der Waals surface area contributed by atoms with E-state index in [0.29, 0.717) is 17.1 Å². The van der Waals surface area contributed by atoms with Crippen molar-refractivity contribution in [2.24, 2.45) is 5.10 Å². The van der Waals surface area contributed by atoms with Crippen LogP contribution in [0.5, 0.6) is 11.5 Å². The van der Waals surface area contributed by atoms with E-state index in [1.54, 1.807) is 31.4 Å². The zero-order valence-corrected chi connectivity index (χ0v) is 16.7. The topological polar surface area (TPSA) is 73.1 Å². The van der Waals surface area contributed by atoms with E-state index < -0.39 is 5.91 Å². The molecule has 140 valence electrons. The number of hydrazone groups is 1. The largest absolute Gasteiger partial charge is 0.493 e. The van der Waals surface area contributed by atoms with Crippen LogP contribution in [0.25, 0.3) is 11.0 Å². The number of nitrogens with one attached hydrogen (secondary N) is 1. The van der Waals surface area contributed by atoms with Crippen molar-refractivity contribution in [2.75, 3.05) is 7.11 Å². The summed E-state index contributed by atoms with van der Waals surface area (Å²) in [7, 11) is 1.57. The number of hydrogen-bond donors (Lipinski definition) is 1. The minimum atomic E-state index is -0.426. The van der Waals surface area contributed by atoms with E-state index in [1.807, 2.05) is 32.0 Å². The van der Waals surface area contributed by atoms with Crippen LogP contribution in [0.4, 0.5) is 0 Å². The average molecular weight is 431 g/mol. The second-order valence-electron chi connectivity index (χ2n) is 6.07. The molecule has 3 rings (SSSR count). The second kappa shape index (κ2) is 8.26. The van der Waals surface area contributed by atoms with Gasteiger partial charge in [-0.05, 0) is 61.9 Å². The molecule has 27 heavy (non-hydrogen) atoms. The van der Waals surface area contributed by atoms with Crippen LogP contribution in [0.1, 0.15) is 30.0 Å². The Bertz CT molecular complexity index is 995. The standard InChI is InChI=1S/C20H19BrN2O4/c1-12(2)26-17-6-4-13(8-18(17)25-3)11-22-23-20(24)19-10-14-9-15(21)5-7-16(14)27-19/h4-12H,1-3H3,(H,23,24)/b22-11+. The molecule has 0 atom stereocenters. The molecular formula is C20H19BrN2O4. The summed E-state index contributed by atoms with van der Waals surface area (Å²) in [6.45, 7) is 3.89. The van der Waals surface area contributed by atoms with Crippen molar-refractivity contribution in [2.45, 2.75) is 20.0 Å². The smallest absolute Gasteiger partial charge is 0.307 e. The van der Waals surface area contributed by atoms with E-state index in [9.17, 15) is 4.79 Å². The summed E-state index contributed by atoms with van der Waals surface area (Å²) >= 11 is 3.39. The summed E-state index contributed by atoms with van der Waals surface area (Å²) in [4.78, 5) is 12.2. The zero-order valence-electron chi connectivity index (χ0n) is 15.2. The van der Waals surface area contributed by atoms with E-state index in [4.69, 9.17) is 13.9 Å². The van der Waals surface area contributed by atoms with Gasteiger partial charge in [0.15, 0.2) is 17.3 Å². The Labute approximate surface area is 165 Å². The maximum atomic E-state index is 12.2. The van der Waals surface area contributed by atoms with E-state index >= 15 is 0 Å². The van der Waals surface area contributed by atoms with Gasteiger partial charge in [-0.2, -0.15) is 5.10 Å². The first-order chi connectivity index (χ1) is 13.0. The van der Waals surface area contributed by atoms with E-state index in [1.165, 1.54) is 6.21 Å². The third kappa shape index (κ3) is 4.68. The molecule has 0 spiro atoms. The van der Waals surface area contributed by atoms with Crippen molar-refractivity contribution < 1.29 is 18.7 Å². The fraction of sp³-hybridized carbons (Fsp3) is 0.200. The SMILES string of the molecule is COc1cc(/C=N/NC(=O)c2cc3cc(Br)ccc3o2)ccc1OC(C)C. The molecule has 0 fully saturated rings. The number of benzene rings is 2. The number of hydrogen-bond acceptors (Lipinski definition) is 5. The molecule has 0 radical (unpaired) electrons. The van der Waals surface area contributed by atoms with Gasteiger partial charge in [0.1, 0.15) is 5.58 Å². The molecule has 1 aromatic heterocycles. The molecule has 0 aliphatic heterocycles. The maximum Gasteiger partial charge on any atom is 0.307 e. The minimum Gasteiger partial charge on any atom is -0.493 e. The molecule has 0 aliphatic rings. The highest BCUT2D eigenvalue weighted by molar-refractivity contribution is 9.10. The lowest BCUT2D eigenvalue weighted by atomic mass is 10.2. The van der Waals surface area contributed by atoms with Gasteiger partial charge in [-0.25, -0.2) is 5.43 Å². The van der Waals surface area contributed by atoms with Gasteiger partial charge >= 0.3 is 5.91 Å². The molecule has 1 amide bonds. The Morgan fingerprint density at radius 1 is 1.19 bits per heavy atom. The van der Waals surface area contributed by atoms with Gasteiger partial charge in [-0.3, -0.25) is 4.79 Å². The zero-order chi connectivity index (χ0) is 19.4. The van der Waals surface area contributed by atoms with Crippen LogP contribution in [-0.4, -0.2) is 25.3 Å². The first-order valence-corrected chi connectivity index (χ1v) is 9.13. The van der Waals surface area contributed by atoms with Crippen molar-refractivity contribution in [3.63, 3.8) is 0 Å². The fourth-order valence-electron chi connectivity index (χ4n) is 2.46. The Balaban J connectivity index is 1.69. The van der Waals surface area contributed by atoms with E-state index in [2.05, 4.69) is 26.5 Å². The van der Waals surface area contributed by atoms with Gasteiger partial charge in [0.05, 0.1) is 19.4 Å². The number of ether oxygens (including phenoxy) is 2. The van der Waals surface area contributed by atoms with Crippen LogP contribution in [0, 0.1) is 0 Å². The summed E-state index contributed by atoms with van der Waals surface area (Å²) in [5.74, 6) is 1.02. The number of halogens is 1. The summed E-state index contributed by atoms with van der Waals surface area (Å²) in [6, 6.07) is 12.6. The Morgan fingerprint density at radius 2 is 2.00 bits per heavy atom. The Kier molecular flexibility index (Phi) is 5.81. The number of furan rings is 1. The molecular weight excluding hydrogens is 412 g/mol. The lowest BCUT2D eigenvalue weighted by Crippen LogP contribution is -2.16. The maximum absolute atomic E-state index is 12.2. The number of carbonyl (C=O) groups is 1. The molecule has 6 nitrogen and oxygen atoms in total. The third-order valence-electron chi connectivity index (χ3n) is 3.63. The average Bonchev–Trinajstić information content (AvgIpc) is 3.05. The summed E-state index contributed by atoms with van der Waals surface area (Å²) in [5, 5.41) is 4.82. The lowest BCUT2D eigenvalue weighted by molar-refractivity contribution is 0.0929. The molecule has 3 aromatic rings. The Morgan fingerprint density at radius 3 is 2.74 bits per heavy atom. The predicted molar refractivity (Wildman–Crippen MR) is 108 cm³/mol. The normalized spacial score (nSPS) is 11.3. The van der Waals surface area contributed by atoms with Crippen molar-refractivity contribution >= 4 is 39.0 Å². The van der Waals surface area contributed by atoms with Crippen LogP contribution < -0.4 is 14.9 Å². The minimum absolute atomic E-state index is 0.0436. The van der Waals surface area contributed by atoms with Gasteiger partial charge < -0.3 is 13.9 Å². The lowest BCUT2D eigenvalue weighted by Gasteiger charge is -2.13. The van der Waals surface area contributed by atoms with Crippen LogP contribution in [0.2, 0.25) is 0 Å². The second-order valence-corrected chi connectivity index (χ2v) is 6.98. The molecule has 0 aliphatic carbocycles. The van der Waals surface area contributed by atoms with Crippen molar-refractivity contribution in [1.82, 2.24) is 5.43 Å². The van der Waals surface area contributed by atoms with Crippen LogP contribution in [0.3, 0.4) is 0 Å². The van der Waals surface area contributed by atoms with Gasteiger partial charge in [0.2, 0.25) is 0 Å². The molecule has 0 unspecified atom stereocenters. The summed E-state index contributed by atoms with van der Waals surface area (Å²) < 4.78 is 17.5. The summed E-state index contributed by atoms with van der Waals surface area (Å²) in [5.41, 5.74) is 3.86. The number of amides is 1. The van der Waals surface area contributed by atoms with Crippen LogP contribution in [-0.2, 0) is 0 Å². The molecule has 7 heteroatoms. The quantitative estimate of drug-likeness (QED) is 0.452. The van der Waals surface area contributed by atoms with E-state index in [0.717, 1.165) is 15.4 Å². The van der Waals surface area contributed by atoms with Gasteiger partial charge in [0, 0.05) is 9.86 Å². The monoisotopic (exact) mass is 430 g/mol. The number of rotatable bonds is 6. The molecule has 0 saturated carbocycles. The first kappa shape index (κ1) is 19.0. The van der Waals surface area contributed by atoms with Crippen LogP contribution in [0.15, 0.2) is 56.5 Å². The van der Waals surface area contributed by atoms with Crippen molar-refractivity contribution in [1.29, 1.82) is 0 Å². The highest BCUT2D eigenvalue weighted by Crippen LogP contribution is 2.28. The van der Waals surface area contributed by atoms with E-state index in [-0.39, 0.29) is 11.9 Å². The van der Waals surface area contributed by atoms with Crippen molar-refractivity contribution in [3.05, 3.63) is 58.3 Å². The molecule has 0 saturated heterocycles. The number of methoxy groups -OCH3 is 1.